The van der Waals surface area contributed by atoms with Gasteiger partial charge in [-0.3, -0.25) is 14.4 Å². The molecule has 0 aliphatic rings. The summed E-state index contributed by atoms with van der Waals surface area (Å²) in [5.74, 6) is -2.16. The van der Waals surface area contributed by atoms with Crippen molar-refractivity contribution in [1.29, 1.82) is 0 Å². The molecule has 0 saturated heterocycles. The van der Waals surface area contributed by atoms with Gasteiger partial charge in [-0.15, -0.1) is 0 Å². The summed E-state index contributed by atoms with van der Waals surface area (Å²) in [4.78, 5) is 35.8. The van der Waals surface area contributed by atoms with Crippen LogP contribution in [0.25, 0.3) is 0 Å². The highest BCUT2D eigenvalue weighted by Crippen LogP contribution is 2.21. The van der Waals surface area contributed by atoms with E-state index in [4.69, 9.17) is 11.6 Å². The topological polar surface area (TPSA) is 99.7 Å². The maximum Gasteiger partial charge on any atom is 0.329 e. The number of para-hydroxylation sites is 1. The summed E-state index contributed by atoms with van der Waals surface area (Å²) in [7, 11) is 0. The number of halogens is 2. The van der Waals surface area contributed by atoms with Crippen LogP contribution in [0.5, 0.6) is 0 Å². The Kier molecular flexibility index (Phi) is 7.71. The molecule has 0 aliphatic heterocycles. The lowest BCUT2D eigenvalue weighted by atomic mass is 10.2. The second-order valence-corrected chi connectivity index (χ2v) is 7.17. The first-order chi connectivity index (χ1) is 13.3. The molecule has 146 valence electrons. The smallest absolute Gasteiger partial charge is 0.325 e. The molecule has 0 spiro atoms. The zero-order valence-corrected chi connectivity index (χ0v) is 17.5. The van der Waals surface area contributed by atoms with Crippen molar-refractivity contribution >= 4 is 62.3 Å². The molecule has 0 atom stereocenters. The Morgan fingerprint density at radius 3 is 2.46 bits per heavy atom. The number of nitrogens with zero attached hydrogens (tertiary/aromatic N) is 1. The second-order valence-electron chi connectivity index (χ2n) is 5.91. The van der Waals surface area contributed by atoms with Gasteiger partial charge in [0.25, 0.3) is 0 Å². The van der Waals surface area contributed by atoms with E-state index in [-0.39, 0.29) is 12.3 Å². The van der Waals surface area contributed by atoms with Crippen LogP contribution in [0.3, 0.4) is 0 Å². The Morgan fingerprint density at radius 2 is 1.79 bits per heavy atom. The van der Waals surface area contributed by atoms with Crippen LogP contribution in [0.2, 0.25) is 5.02 Å². The fourth-order valence-corrected chi connectivity index (χ4v) is 2.65. The van der Waals surface area contributed by atoms with Crippen LogP contribution >= 0.6 is 27.5 Å². The van der Waals surface area contributed by atoms with Crippen molar-refractivity contribution in [2.24, 2.45) is 5.10 Å². The third kappa shape index (κ3) is 6.47. The van der Waals surface area contributed by atoms with Gasteiger partial charge in [0.2, 0.25) is 5.91 Å². The first-order valence-electron chi connectivity index (χ1n) is 8.21. The van der Waals surface area contributed by atoms with Gasteiger partial charge in [-0.25, -0.2) is 5.43 Å². The van der Waals surface area contributed by atoms with Crippen molar-refractivity contribution in [2.75, 3.05) is 10.6 Å². The van der Waals surface area contributed by atoms with E-state index in [9.17, 15) is 14.4 Å². The monoisotopic (exact) mass is 464 g/mol. The van der Waals surface area contributed by atoms with Crippen LogP contribution in [0, 0.1) is 6.92 Å². The summed E-state index contributed by atoms with van der Waals surface area (Å²) in [5, 5.41) is 9.40. The first kappa shape index (κ1) is 21.6. The van der Waals surface area contributed by atoms with Gasteiger partial charge in [-0.2, -0.15) is 5.10 Å². The Bertz CT molecular complexity index is 947. The van der Waals surface area contributed by atoms with Gasteiger partial charge in [0.15, 0.2) is 0 Å². The van der Waals surface area contributed by atoms with Crippen LogP contribution in [0.4, 0.5) is 11.4 Å². The van der Waals surface area contributed by atoms with E-state index in [0.29, 0.717) is 22.1 Å². The molecule has 9 heteroatoms. The standard InChI is InChI=1S/C19H18BrClN4O3/c1-11-7-8-13(10-15(11)21)22-18(27)19(28)25-24-12(2)9-17(26)23-16-6-4-3-5-14(16)20/h3-8,10H,9H2,1-2H3,(H,22,27)(H,23,26)(H,25,28)/b24-12-. The number of anilines is 2. The molecule has 0 heterocycles. The minimum Gasteiger partial charge on any atom is -0.325 e. The van der Waals surface area contributed by atoms with Crippen molar-refractivity contribution in [3.05, 3.63) is 57.5 Å². The highest BCUT2D eigenvalue weighted by atomic mass is 79.9. The van der Waals surface area contributed by atoms with Crippen LogP contribution < -0.4 is 16.1 Å². The number of benzene rings is 2. The number of hydrogen-bond donors (Lipinski definition) is 3. The van der Waals surface area contributed by atoms with Crippen LogP contribution in [-0.4, -0.2) is 23.4 Å². The predicted molar refractivity (Wildman–Crippen MR) is 113 cm³/mol. The van der Waals surface area contributed by atoms with Gasteiger partial charge in [-0.1, -0.05) is 29.8 Å². The normalized spacial score (nSPS) is 10.9. The van der Waals surface area contributed by atoms with Gasteiger partial charge in [0.05, 0.1) is 12.1 Å². The quantitative estimate of drug-likeness (QED) is 0.355. The highest BCUT2D eigenvalue weighted by molar-refractivity contribution is 9.10. The maximum atomic E-state index is 12.0. The van der Waals surface area contributed by atoms with E-state index in [1.807, 2.05) is 13.0 Å². The van der Waals surface area contributed by atoms with Gasteiger partial charge in [0, 0.05) is 20.9 Å². The predicted octanol–water partition coefficient (Wildman–Crippen LogP) is 3.87. The Balaban J connectivity index is 1.86. The van der Waals surface area contributed by atoms with Crippen LogP contribution in [-0.2, 0) is 14.4 Å². The molecule has 2 rings (SSSR count). The zero-order chi connectivity index (χ0) is 20.7. The molecule has 0 unspecified atom stereocenters. The minimum atomic E-state index is -0.956. The van der Waals surface area contributed by atoms with Crippen molar-refractivity contribution in [2.45, 2.75) is 20.3 Å². The van der Waals surface area contributed by atoms with Gasteiger partial charge >= 0.3 is 11.8 Å². The lowest BCUT2D eigenvalue weighted by Gasteiger charge is -2.08. The summed E-state index contributed by atoms with van der Waals surface area (Å²) in [6.07, 6.45) is -0.0448. The molecule has 3 N–H and O–H groups in total. The summed E-state index contributed by atoms with van der Waals surface area (Å²) in [6.45, 7) is 3.39. The lowest BCUT2D eigenvalue weighted by Crippen LogP contribution is -2.33. The van der Waals surface area contributed by atoms with E-state index >= 15 is 0 Å². The SMILES string of the molecule is C/C(CC(=O)Nc1ccccc1Br)=N/NC(=O)C(=O)Nc1ccc(C)c(Cl)c1. The molecule has 3 amide bonds. The number of aryl methyl sites for hydroxylation is 1. The van der Waals surface area contributed by atoms with E-state index < -0.39 is 11.8 Å². The maximum absolute atomic E-state index is 12.0. The summed E-state index contributed by atoms with van der Waals surface area (Å²) in [5.41, 5.74) is 4.33. The van der Waals surface area contributed by atoms with E-state index in [0.717, 1.165) is 10.0 Å². The van der Waals surface area contributed by atoms with Gasteiger partial charge in [0.1, 0.15) is 0 Å². The van der Waals surface area contributed by atoms with Gasteiger partial charge in [-0.05, 0) is 59.6 Å². The average Bonchev–Trinajstić information content (AvgIpc) is 2.64. The van der Waals surface area contributed by atoms with Crippen LogP contribution in [0.1, 0.15) is 18.9 Å². The molecule has 0 aliphatic carbocycles. The largest absolute Gasteiger partial charge is 0.329 e. The van der Waals surface area contributed by atoms with E-state index in [1.54, 1.807) is 43.3 Å². The number of hydrogen-bond acceptors (Lipinski definition) is 4. The molecule has 2 aromatic rings. The number of carbonyl (C=O) groups excluding carboxylic acids is 3. The number of rotatable bonds is 5. The Labute approximate surface area is 175 Å². The lowest BCUT2D eigenvalue weighted by molar-refractivity contribution is -0.136. The van der Waals surface area contributed by atoms with Crippen molar-refractivity contribution in [1.82, 2.24) is 5.43 Å². The number of nitrogens with one attached hydrogen (secondary N) is 3. The fourth-order valence-electron chi connectivity index (χ4n) is 2.08. The number of amides is 3. The third-order valence-electron chi connectivity index (χ3n) is 3.55. The summed E-state index contributed by atoms with van der Waals surface area (Å²) < 4.78 is 0.749. The molecule has 28 heavy (non-hydrogen) atoms. The molecular weight excluding hydrogens is 448 g/mol. The van der Waals surface area contributed by atoms with Crippen LogP contribution in [0.15, 0.2) is 52.0 Å². The molecule has 7 nitrogen and oxygen atoms in total. The Morgan fingerprint density at radius 1 is 1.07 bits per heavy atom. The number of carbonyl (C=O) groups is 3. The first-order valence-corrected chi connectivity index (χ1v) is 9.38. The van der Waals surface area contributed by atoms with E-state index in [2.05, 4.69) is 37.1 Å². The fraction of sp³-hybridized carbons (Fsp3) is 0.158. The third-order valence-corrected chi connectivity index (χ3v) is 4.65. The summed E-state index contributed by atoms with van der Waals surface area (Å²) in [6, 6.07) is 12.1. The molecule has 0 fully saturated rings. The second kappa shape index (κ2) is 10.0. The van der Waals surface area contributed by atoms with Crippen molar-refractivity contribution in [3.8, 4) is 0 Å². The highest BCUT2D eigenvalue weighted by Gasteiger charge is 2.14. The van der Waals surface area contributed by atoms with Crippen molar-refractivity contribution < 1.29 is 14.4 Å². The molecule has 2 aromatic carbocycles. The van der Waals surface area contributed by atoms with Crippen molar-refractivity contribution in [3.63, 3.8) is 0 Å². The van der Waals surface area contributed by atoms with E-state index in [1.165, 1.54) is 0 Å². The minimum absolute atomic E-state index is 0.0448. The average molecular weight is 466 g/mol. The zero-order valence-electron chi connectivity index (χ0n) is 15.2. The molecule has 0 bridgehead atoms. The number of hydrazone groups is 1. The van der Waals surface area contributed by atoms with Gasteiger partial charge < -0.3 is 10.6 Å². The molecule has 0 aromatic heterocycles. The molecular formula is C19H18BrClN4O3. The molecule has 0 saturated carbocycles. The Hall–Kier alpha value is -2.71. The molecule has 0 radical (unpaired) electrons. The summed E-state index contributed by atoms with van der Waals surface area (Å²) >= 11 is 9.32.